The molecule has 1 aliphatic carbocycles. The number of β-amino-alcohol motifs (C(OH)–C–C–N with tert-alkyl or cyclic N) is 1. The predicted molar refractivity (Wildman–Crippen MR) is 136 cm³/mol. The number of carbonyl (C=O) groups excluding carboxylic acids is 3. The van der Waals surface area contributed by atoms with Crippen molar-refractivity contribution in [1.82, 2.24) is 15.1 Å². The molecular formula is C28H32N4O5. The van der Waals surface area contributed by atoms with Crippen LogP contribution in [0.2, 0.25) is 0 Å². The lowest BCUT2D eigenvalue weighted by molar-refractivity contribution is -0.165. The molecule has 4 aliphatic rings. The van der Waals surface area contributed by atoms with Crippen molar-refractivity contribution in [2.75, 3.05) is 38.0 Å². The normalized spacial score (nSPS) is 21.0. The molecule has 2 fully saturated rings. The number of aliphatic hydroxyl groups is 1. The molecule has 2 aromatic carbocycles. The van der Waals surface area contributed by atoms with Gasteiger partial charge in [0.05, 0.1) is 24.9 Å². The van der Waals surface area contributed by atoms with Crippen LogP contribution in [0.3, 0.4) is 0 Å². The maximum absolute atomic E-state index is 12.8. The Labute approximate surface area is 215 Å². The quantitative estimate of drug-likeness (QED) is 0.551. The number of hydrogen-bond donors (Lipinski definition) is 3. The van der Waals surface area contributed by atoms with Crippen LogP contribution in [-0.2, 0) is 22.6 Å². The molecule has 6 rings (SSSR count). The van der Waals surface area contributed by atoms with Crippen molar-refractivity contribution in [3.8, 4) is 5.75 Å². The summed E-state index contributed by atoms with van der Waals surface area (Å²) in [6.45, 7) is 2.77. The third kappa shape index (κ3) is 4.57. The Morgan fingerprint density at radius 2 is 1.95 bits per heavy atom. The van der Waals surface area contributed by atoms with Gasteiger partial charge in [0.15, 0.2) is 0 Å². The van der Waals surface area contributed by atoms with Gasteiger partial charge in [-0.2, -0.15) is 0 Å². The van der Waals surface area contributed by atoms with Gasteiger partial charge in [0.1, 0.15) is 5.75 Å². The molecule has 1 saturated heterocycles. The van der Waals surface area contributed by atoms with E-state index in [9.17, 15) is 19.5 Å². The molecule has 2 aromatic rings. The molecule has 3 N–H and O–H groups in total. The summed E-state index contributed by atoms with van der Waals surface area (Å²) < 4.78 is 6.04. The Hall–Kier alpha value is -3.43. The largest absolute Gasteiger partial charge is 0.471 e. The summed E-state index contributed by atoms with van der Waals surface area (Å²) in [6.07, 6.45) is 3.19. The Morgan fingerprint density at radius 3 is 2.70 bits per heavy atom. The van der Waals surface area contributed by atoms with E-state index in [2.05, 4.69) is 33.7 Å². The van der Waals surface area contributed by atoms with Gasteiger partial charge in [-0.1, -0.05) is 30.7 Å². The fourth-order valence-electron chi connectivity index (χ4n) is 5.58. The average Bonchev–Trinajstić information content (AvgIpc) is 2.84. The fourth-order valence-corrected chi connectivity index (χ4v) is 5.58. The molecule has 3 heterocycles. The lowest BCUT2D eigenvalue weighted by atomic mass is 9.81. The van der Waals surface area contributed by atoms with Crippen LogP contribution >= 0.6 is 0 Å². The van der Waals surface area contributed by atoms with Gasteiger partial charge in [-0.15, -0.1) is 0 Å². The van der Waals surface area contributed by atoms with Crippen LogP contribution < -0.4 is 15.4 Å². The van der Waals surface area contributed by atoms with Crippen molar-refractivity contribution in [3.05, 3.63) is 59.2 Å². The van der Waals surface area contributed by atoms with Crippen LogP contribution in [0.1, 0.15) is 40.7 Å². The maximum Gasteiger partial charge on any atom is 0.272 e. The molecule has 0 aromatic heterocycles. The average molecular weight is 505 g/mol. The van der Waals surface area contributed by atoms with Gasteiger partial charge < -0.3 is 25.4 Å². The van der Waals surface area contributed by atoms with E-state index < -0.39 is 11.7 Å². The van der Waals surface area contributed by atoms with Gasteiger partial charge >= 0.3 is 0 Å². The first-order valence-corrected chi connectivity index (χ1v) is 13.1. The van der Waals surface area contributed by atoms with Gasteiger partial charge in [0, 0.05) is 37.7 Å². The van der Waals surface area contributed by atoms with E-state index in [1.54, 1.807) is 23.1 Å². The summed E-state index contributed by atoms with van der Waals surface area (Å²) in [5.74, 6) is 0.0539. The van der Waals surface area contributed by atoms with Crippen LogP contribution in [0.15, 0.2) is 42.5 Å². The lowest BCUT2D eigenvalue weighted by Gasteiger charge is -2.51. The molecule has 0 radical (unpaired) electrons. The SMILES string of the molecule is O=C(NCC(O)CN1CCc2ccccc2C1)c1ccc2c(c1)NC(=O)C1(CN(C(=O)C3CCC3)C1)O2. The van der Waals surface area contributed by atoms with Gasteiger partial charge in [0.25, 0.3) is 11.8 Å². The monoisotopic (exact) mass is 504 g/mol. The fraction of sp³-hybridized carbons (Fsp3) is 0.464. The lowest BCUT2D eigenvalue weighted by Crippen LogP contribution is -2.73. The number of hydrogen-bond acceptors (Lipinski definition) is 6. The molecule has 194 valence electrons. The molecule has 1 spiro atoms. The number of nitrogens with one attached hydrogen (secondary N) is 2. The highest BCUT2D eigenvalue weighted by molar-refractivity contribution is 6.04. The third-order valence-electron chi connectivity index (χ3n) is 8.04. The third-order valence-corrected chi connectivity index (χ3v) is 8.04. The Morgan fingerprint density at radius 1 is 1.16 bits per heavy atom. The topological polar surface area (TPSA) is 111 Å². The highest BCUT2D eigenvalue weighted by Crippen LogP contribution is 2.40. The molecule has 37 heavy (non-hydrogen) atoms. The van der Waals surface area contributed by atoms with E-state index >= 15 is 0 Å². The van der Waals surface area contributed by atoms with Crippen molar-refractivity contribution in [2.24, 2.45) is 5.92 Å². The summed E-state index contributed by atoms with van der Waals surface area (Å²) in [6, 6.07) is 13.2. The number of amides is 3. The van der Waals surface area contributed by atoms with Crippen molar-refractivity contribution in [2.45, 2.75) is 43.9 Å². The molecule has 3 aliphatic heterocycles. The second kappa shape index (κ2) is 9.46. The van der Waals surface area contributed by atoms with E-state index in [0.717, 1.165) is 38.8 Å². The van der Waals surface area contributed by atoms with Crippen LogP contribution in [0, 0.1) is 5.92 Å². The van der Waals surface area contributed by atoms with Crippen LogP contribution in [0.5, 0.6) is 5.75 Å². The maximum atomic E-state index is 12.8. The minimum absolute atomic E-state index is 0.0902. The Balaban J connectivity index is 1.01. The number of nitrogens with zero attached hydrogens (tertiary/aromatic N) is 2. The minimum Gasteiger partial charge on any atom is -0.471 e. The molecular weight excluding hydrogens is 472 g/mol. The number of likely N-dealkylation sites (tertiary alicyclic amines) is 1. The number of carbonyl (C=O) groups is 3. The van der Waals surface area contributed by atoms with Crippen LogP contribution in [0.25, 0.3) is 0 Å². The first-order valence-electron chi connectivity index (χ1n) is 13.1. The van der Waals surface area contributed by atoms with Crippen LogP contribution in [0.4, 0.5) is 5.69 Å². The van der Waals surface area contributed by atoms with E-state index in [1.165, 1.54) is 11.1 Å². The molecule has 1 unspecified atom stereocenters. The van der Waals surface area contributed by atoms with Gasteiger partial charge in [-0.05, 0) is 48.6 Å². The number of benzene rings is 2. The van der Waals surface area contributed by atoms with Gasteiger partial charge in [-0.3, -0.25) is 19.3 Å². The zero-order valence-corrected chi connectivity index (χ0v) is 20.7. The summed E-state index contributed by atoms with van der Waals surface area (Å²) >= 11 is 0. The van der Waals surface area contributed by atoms with Gasteiger partial charge in [-0.25, -0.2) is 0 Å². The number of aliphatic hydroxyl groups excluding tert-OH is 1. The molecule has 1 saturated carbocycles. The highest BCUT2D eigenvalue weighted by Gasteiger charge is 2.56. The Bertz CT molecular complexity index is 1240. The second-order valence-electron chi connectivity index (χ2n) is 10.7. The number of rotatable bonds is 6. The first-order chi connectivity index (χ1) is 17.9. The second-order valence-corrected chi connectivity index (χ2v) is 10.7. The van der Waals surface area contributed by atoms with E-state index in [-0.39, 0.29) is 43.3 Å². The predicted octanol–water partition coefficient (Wildman–Crippen LogP) is 1.55. The molecule has 0 bridgehead atoms. The van der Waals surface area contributed by atoms with Crippen LogP contribution in [-0.4, -0.2) is 77.1 Å². The van der Waals surface area contributed by atoms with E-state index in [0.29, 0.717) is 23.5 Å². The summed E-state index contributed by atoms with van der Waals surface area (Å²) in [5.41, 5.74) is 2.37. The number of anilines is 1. The zero-order chi connectivity index (χ0) is 25.6. The standard InChI is InChI=1S/C28H32N4O5/c33-22(15-31-11-10-18-4-1-2-5-21(18)14-31)13-29-25(34)20-8-9-24-23(12-20)30-27(36)28(37-24)16-32(17-28)26(35)19-6-3-7-19/h1-2,4-5,8-9,12,19,22,33H,3,6-7,10-11,13-17H2,(H,29,34)(H,30,36). The summed E-state index contributed by atoms with van der Waals surface area (Å²) in [7, 11) is 0. The van der Waals surface area contributed by atoms with Gasteiger partial charge in [0.2, 0.25) is 11.5 Å². The highest BCUT2D eigenvalue weighted by atomic mass is 16.5. The minimum atomic E-state index is -1.06. The van der Waals surface area contributed by atoms with E-state index in [1.807, 2.05) is 6.07 Å². The molecule has 1 atom stereocenters. The summed E-state index contributed by atoms with van der Waals surface area (Å²) in [4.78, 5) is 41.9. The Kier molecular flexibility index (Phi) is 6.12. The number of ether oxygens (including phenoxy) is 1. The first kappa shape index (κ1) is 23.9. The van der Waals surface area contributed by atoms with Crippen molar-refractivity contribution < 1.29 is 24.2 Å². The number of fused-ring (bicyclic) bond motifs is 2. The summed E-state index contributed by atoms with van der Waals surface area (Å²) in [5, 5.41) is 16.2. The molecule has 9 heteroatoms. The molecule has 3 amide bonds. The molecule has 9 nitrogen and oxygen atoms in total. The van der Waals surface area contributed by atoms with E-state index in [4.69, 9.17) is 4.74 Å². The smallest absolute Gasteiger partial charge is 0.272 e. The van der Waals surface area contributed by atoms with Crippen molar-refractivity contribution in [1.29, 1.82) is 0 Å². The zero-order valence-electron chi connectivity index (χ0n) is 20.7. The van der Waals surface area contributed by atoms with Crippen molar-refractivity contribution >= 4 is 23.4 Å². The van der Waals surface area contributed by atoms with Crippen molar-refractivity contribution in [3.63, 3.8) is 0 Å².